The van der Waals surface area contributed by atoms with Crippen LogP contribution in [0, 0.1) is 5.21 Å². The first-order valence-electron chi connectivity index (χ1n) is 5.38. The summed E-state index contributed by atoms with van der Waals surface area (Å²) in [5.74, 6) is 1.07. The van der Waals surface area contributed by atoms with Crippen molar-refractivity contribution in [1.82, 2.24) is 10.1 Å². The van der Waals surface area contributed by atoms with Crippen molar-refractivity contribution in [3.05, 3.63) is 29.2 Å². The van der Waals surface area contributed by atoms with Gasteiger partial charge in [0.2, 0.25) is 0 Å². The molecule has 0 saturated carbocycles. The second kappa shape index (κ2) is 4.92. The lowest BCUT2D eigenvalue weighted by atomic mass is 10.3. The van der Waals surface area contributed by atoms with Gasteiger partial charge in [0.1, 0.15) is 17.9 Å². The Balaban J connectivity index is 2.44. The van der Waals surface area contributed by atoms with Gasteiger partial charge in [0.15, 0.2) is 5.82 Å². The van der Waals surface area contributed by atoms with Gasteiger partial charge in [0.05, 0.1) is 6.61 Å². The van der Waals surface area contributed by atoms with Gasteiger partial charge >= 0.3 is 0 Å². The summed E-state index contributed by atoms with van der Waals surface area (Å²) in [7, 11) is 0. The van der Waals surface area contributed by atoms with Crippen molar-refractivity contribution < 1.29 is 14.7 Å². The normalized spacial score (nSPS) is 10.7. The monoisotopic (exact) mass is 235 g/mol. The Bertz CT molecular complexity index is 531. The van der Waals surface area contributed by atoms with Crippen molar-refractivity contribution in [2.24, 2.45) is 0 Å². The van der Waals surface area contributed by atoms with Crippen LogP contribution in [0.3, 0.4) is 0 Å². The fourth-order valence-electron chi connectivity index (χ4n) is 1.48. The van der Waals surface area contributed by atoms with Crippen LogP contribution in [0.15, 0.2) is 18.2 Å². The van der Waals surface area contributed by atoms with E-state index in [-0.39, 0.29) is 13.2 Å². The largest absolute Gasteiger partial charge is 0.594 e. The summed E-state index contributed by atoms with van der Waals surface area (Å²) in [5.41, 5.74) is 0.945. The Labute approximate surface area is 98.1 Å². The van der Waals surface area contributed by atoms with Gasteiger partial charge in [-0.15, -0.1) is 0 Å². The summed E-state index contributed by atoms with van der Waals surface area (Å²) in [6.07, 6.45) is 0.597. The SMILES string of the molecule is CCc1nc2cc(OCCO)ccc2[n+]([O-])n1. The third-order valence-corrected chi connectivity index (χ3v) is 2.28. The van der Waals surface area contributed by atoms with Crippen LogP contribution in [0.2, 0.25) is 0 Å². The van der Waals surface area contributed by atoms with Crippen molar-refractivity contribution in [2.75, 3.05) is 13.2 Å². The highest BCUT2D eigenvalue weighted by molar-refractivity contribution is 5.72. The van der Waals surface area contributed by atoms with E-state index < -0.39 is 0 Å². The van der Waals surface area contributed by atoms with Crippen molar-refractivity contribution in [1.29, 1.82) is 0 Å². The molecule has 1 aromatic carbocycles. The van der Waals surface area contributed by atoms with Crippen molar-refractivity contribution >= 4 is 11.0 Å². The number of aliphatic hydroxyl groups is 1. The van der Waals surface area contributed by atoms with Gasteiger partial charge in [0, 0.05) is 23.7 Å². The number of aryl methyl sites for hydroxylation is 1. The average Bonchev–Trinajstić information content (AvgIpc) is 2.35. The Hall–Kier alpha value is -1.95. The number of nitrogens with zero attached hydrogens (tertiary/aromatic N) is 3. The van der Waals surface area contributed by atoms with Crippen molar-refractivity contribution in [2.45, 2.75) is 13.3 Å². The fourth-order valence-corrected chi connectivity index (χ4v) is 1.48. The molecule has 90 valence electrons. The van der Waals surface area contributed by atoms with Gasteiger partial charge in [-0.05, 0) is 10.9 Å². The molecule has 0 bridgehead atoms. The van der Waals surface area contributed by atoms with E-state index in [9.17, 15) is 5.21 Å². The van der Waals surface area contributed by atoms with Gasteiger partial charge < -0.3 is 15.1 Å². The maximum atomic E-state index is 11.6. The van der Waals surface area contributed by atoms with Crippen LogP contribution in [0.5, 0.6) is 5.75 Å². The second-order valence-corrected chi connectivity index (χ2v) is 3.48. The van der Waals surface area contributed by atoms with Crippen LogP contribution in [-0.2, 0) is 6.42 Å². The Morgan fingerprint density at radius 2 is 2.29 bits per heavy atom. The van der Waals surface area contributed by atoms with E-state index in [1.54, 1.807) is 18.2 Å². The molecule has 0 aliphatic carbocycles. The molecule has 0 spiro atoms. The van der Waals surface area contributed by atoms with Gasteiger partial charge in [-0.2, -0.15) is 0 Å². The minimum Gasteiger partial charge on any atom is -0.594 e. The van der Waals surface area contributed by atoms with Crippen LogP contribution in [-0.4, -0.2) is 28.4 Å². The van der Waals surface area contributed by atoms with E-state index in [2.05, 4.69) is 10.1 Å². The van der Waals surface area contributed by atoms with Gasteiger partial charge in [-0.3, -0.25) is 0 Å². The minimum absolute atomic E-state index is 0.0520. The highest BCUT2D eigenvalue weighted by Gasteiger charge is 2.10. The summed E-state index contributed by atoms with van der Waals surface area (Å²) >= 11 is 0. The molecule has 0 unspecified atom stereocenters. The molecular formula is C11H13N3O3. The molecule has 1 aromatic heterocycles. The quantitative estimate of drug-likeness (QED) is 0.604. The highest BCUT2D eigenvalue weighted by Crippen LogP contribution is 2.16. The smallest absolute Gasteiger partial charge is 0.270 e. The Morgan fingerprint density at radius 1 is 1.47 bits per heavy atom. The predicted molar refractivity (Wildman–Crippen MR) is 60.5 cm³/mol. The standard InChI is InChI=1S/C11H13N3O3/c1-2-11-12-9-7-8(17-6-5-15)3-4-10(9)14(16)13-11/h3-4,7,15H,2,5-6H2,1H3. The van der Waals surface area contributed by atoms with E-state index in [0.717, 1.165) is 0 Å². The first-order chi connectivity index (χ1) is 8.24. The molecule has 0 radical (unpaired) electrons. The van der Waals surface area contributed by atoms with Crippen molar-refractivity contribution in [3.8, 4) is 5.75 Å². The molecule has 6 heteroatoms. The molecule has 0 fully saturated rings. The first-order valence-corrected chi connectivity index (χ1v) is 5.38. The number of aromatic nitrogens is 3. The zero-order chi connectivity index (χ0) is 12.3. The highest BCUT2D eigenvalue weighted by atomic mass is 16.5. The lowest BCUT2D eigenvalue weighted by Crippen LogP contribution is -2.33. The minimum atomic E-state index is -0.0520. The maximum Gasteiger partial charge on any atom is 0.270 e. The molecule has 2 rings (SSSR count). The average molecular weight is 235 g/mol. The number of benzene rings is 1. The summed E-state index contributed by atoms with van der Waals surface area (Å²) < 4.78 is 5.25. The molecule has 0 amide bonds. The summed E-state index contributed by atoms with van der Waals surface area (Å²) in [4.78, 5) is 4.82. The molecule has 0 saturated heterocycles. The zero-order valence-corrected chi connectivity index (χ0v) is 9.46. The number of rotatable bonds is 4. The molecule has 1 N–H and O–H groups in total. The fraction of sp³-hybridized carbons (Fsp3) is 0.364. The number of hydrogen-bond acceptors (Lipinski definition) is 5. The summed E-state index contributed by atoms with van der Waals surface area (Å²) in [6, 6.07) is 4.93. The van der Waals surface area contributed by atoms with E-state index in [1.165, 1.54) is 0 Å². The van der Waals surface area contributed by atoms with E-state index in [0.29, 0.717) is 33.9 Å². The second-order valence-electron chi connectivity index (χ2n) is 3.48. The molecule has 2 aromatic rings. The Morgan fingerprint density at radius 3 is 3.00 bits per heavy atom. The van der Waals surface area contributed by atoms with Gasteiger partial charge in [-0.1, -0.05) is 6.92 Å². The van der Waals surface area contributed by atoms with Crippen LogP contribution in [0.25, 0.3) is 11.0 Å². The lowest BCUT2D eigenvalue weighted by molar-refractivity contribution is -0.644. The topological polar surface area (TPSA) is 82.2 Å². The molecular weight excluding hydrogens is 222 g/mol. The lowest BCUT2D eigenvalue weighted by Gasteiger charge is -2.05. The zero-order valence-electron chi connectivity index (χ0n) is 9.46. The summed E-state index contributed by atoms with van der Waals surface area (Å²) in [5, 5.41) is 24.0. The molecule has 1 heterocycles. The molecule has 0 aliphatic rings. The van der Waals surface area contributed by atoms with E-state index >= 15 is 0 Å². The van der Waals surface area contributed by atoms with Crippen LogP contribution >= 0.6 is 0 Å². The van der Waals surface area contributed by atoms with Crippen LogP contribution in [0.4, 0.5) is 0 Å². The number of hydrogen-bond donors (Lipinski definition) is 1. The van der Waals surface area contributed by atoms with Crippen LogP contribution < -0.4 is 9.58 Å². The summed E-state index contributed by atoms with van der Waals surface area (Å²) in [6.45, 7) is 2.05. The molecule has 0 aliphatic heterocycles. The molecule has 0 atom stereocenters. The first kappa shape index (κ1) is 11.5. The number of ether oxygens (including phenoxy) is 1. The molecule has 6 nitrogen and oxygen atoms in total. The molecule has 17 heavy (non-hydrogen) atoms. The Kier molecular flexibility index (Phi) is 3.34. The van der Waals surface area contributed by atoms with E-state index in [1.807, 2.05) is 6.92 Å². The van der Waals surface area contributed by atoms with Crippen molar-refractivity contribution in [3.63, 3.8) is 0 Å². The number of aliphatic hydroxyl groups excluding tert-OH is 1. The third kappa shape index (κ3) is 2.42. The van der Waals surface area contributed by atoms with E-state index in [4.69, 9.17) is 9.84 Å². The predicted octanol–water partition coefficient (Wildman–Crippen LogP) is 0.197. The third-order valence-electron chi connectivity index (χ3n) is 2.28. The van der Waals surface area contributed by atoms with Gasteiger partial charge in [-0.25, -0.2) is 4.98 Å². The number of fused-ring (bicyclic) bond motifs is 1. The van der Waals surface area contributed by atoms with Gasteiger partial charge in [0.25, 0.3) is 5.52 Å². The maximum absolute atomic E-state index is 11.6. The van der Waals surface area contributed by atoms with Crippen LogP contribution in [0.1, 0.15) is 12.7 Å².